The summed E-state index contributed by atoms with van der Waals surface area (Å²) in [5.74, 6) is 0.246. The molecular weight excluding hydrogens is 386 g/mol. The molecule has 1 atom stereocenters. The predicted octanol–water partition coefficient (Wildman–Crippen LogP) is 4.71. The minimum Gasteiger partial charge on any atom is -0.319 e. The number of imide groups is 1. The van der Waals surface area contributed by atoms with Gasteiger partial charge in [0.1, 0.15) is 5.54 Å². The molecule has 2 aromatic rings. The highest BCUT2D eigenvalue weighted by molar-refractivity contribution is 6.30. The first-order chi connectivity index (χ1) is 13.8. The van der Waals surface area contributed by atoms with Crippen LogP contribution >= 0.6 is 11.6 Å². The van der Waals surface area contributed by atoms with E-state index in [1.165, 1.54) is 10.5 Å². The van der Waals surface area contributed by atoms with Gasteiger partial charge in [-0.3, -0.25) is 9.69 Å². The monoisotopic (exact) mass is 413 g/mol. The fourth-order valence-corrected chi connectivity index (χ4v) is 3.95. The predicted molar refractivity (Wildman–Crippen MR) is 116 cm³/mol. The van der Waals surface area contributed by atoms with Crippen LogP contribution in [-0.2, 0) is 16.9 Å². The first-order valence-electron chi connectivity index (χ1n) is 9.94. The van der Waals surface area contributed by atoms with Gasteiger partial charge in [0.25, 0.3) is 5.91 Å². The van der Waals surface area contributed by atoms with Crippen LogP contribution in [0.4, 0.5) is 4.79 Å². The molecule has 1 fully saturated rings. The minimum absolute atomic E-state index is 0.221. The number of hydrogen-bond donors (Lipinski definition) is 1. The largest absolute Gasteiger partial charge is 0.326 e. The Morgan fingerprint density at radius 3 is 2.41 bits per heavy atom. The van der Waals surface area contributed by atoms with Crippen LogP contribution in [0.2, 0.25) is 5.02 Å². The van der Waals surface area contributed by atoms with Crippen LogP contribution < -0.4 is 5.32 Å². The van der Waals surface area contributed by atoms with Crippen LogP contribution in [-0.4, -0.2) is 35.5 Å². The van der Waals surface area contributed by atoms with E-state index in [9.17, 15) is 9.59 Å². The van der Waals surface area contributed by atoms with Gasteiger partial charge in [-0.05, 0) is 48.2 Å². The molecule has 1 aliphatic rings. The maximum Gasteiger partial charge on any atom is 0.326 e. The normalized spacial score (nSPS) is 19.3. The Morgan fingerprint density at radius 2 is 1.83 bits per heavy atom. The summed E-state index contributed by atoms with van der Waals surface area (Å²) < 4.78 is 0. The zero-order valence-electron chi connectivity index (χ0n) is 17.4. The number of rotatable bonds is 7. The van der Waals surface area contributed by atoms with Crippen LogP contribution in [0.15, 0.2) is 48.5 Å². The highest BCUT2D eigenvalue weighted by Crippen LogP contribution is 2.33. The van der Waals surface area contributed by atoms with Crippen molar-refractivity contribution >= 4 is 23.5 Å². The second kappa shape index (κ2) is 8.56. The first-order valence-corrected chi connectivity index (χ1v) is 10.3. The molecule has 3 rings (SSSR count). The number of halogens is 1. The molecule has 6 heteroatoms. The lowest BCUT2D eigenvalue weighted by atomic mass is 9.87. The molecule has 29 heavy (non-hydrogen) atoms. The Balaban J connectivity index is 1.74. The summed E-state index contributed by atoms with van der Waals surface area (Å²) >= 11 is 6.12. The molecule has 2 aromatic carbocycles. The Hall–Kier alpha value is -2.37. The Bertz CT molecular complexity index is 897. The second-order valence-electron chi connectivity index (χ2n) is 7.98. The summed E-state index contributed by atoms with van der Waals surface area (Å²) in [5, 5.41) is 3.44. The van der Waals surface area contributed by atoms with Crippen molar-refractivity contribution in [1.29, 1.82) is 0 Å². The van der Waals surface area contributed by atoms with Crippen molar-refractivity contribution in [2.24, 2.45) is 0 Å². The van der Waals surface area contributed by atoms with Gasteiger partial charge in [0.15, 0.2) is 0 Å². The Labute approximate surface area is 177 Å². The van der Waals surface area contributed by atoms with Crippen molar-refractivity contribution in [3.8, 4) is 0 Å². The summed E-state index contributed by atoms with van der Waals surface area (Å²) in [7, 11) is 1.91. The van der Waals surface area contributed by atoms with E-state index in [1.807, 2.05) is 24.9 Å². The number of benzene rings is 2. The molecule has 0 aliphatic carbocycles. The third-order valence-corrected chi connectivity index (χ3v) is 5.74. The second-order valence-corrected chi connectivity index (χ2v) is 8.42. The summed E-state index contributed by atoms with van der Waals surface area (Å²) in [5.41, 5.74) is 2.07. The number of carbonyl (C=O) groups excluding carboxylic acids is 2. The Morgan fingerprint density at radius 1 is 1.14 bits per heavy atom. The molecule has 154 valence electrons. The topological polar surface area (TPSA) is 52.7 Å². The first kappa shape index (κ1) is 21.3. The van der Waals surface area contributed by atoms with E-state index >= 15 is 0 Å². The number of hydrogen-bond acceptors (Lipinski definition) is 3. The average Bonchev–Trinajstić information content (AvgIpc) is 2.93. The molecule has 1 saturated heterocycles. The smallest absolute Gasteiger partial charge is 0.319 e. The zero-order valence-corrected chi connectivity index (χ0v) is 18.2. The Kier molecular flexibility index (Phi) is 6.30. The average molecular weight is 414 g/mol. The van der Waals surface area contributed by atoms with Crippen molar-refractivity contribution in [1.82, 2.24) is 15.1 Å². The van der Waals surface area contributed by atoms with Gasteiger partial charge in [-0.15, -0.1) is 0 Å². The van der Waals surface area contributed by atoms with Crippen LogP contribution in [0, 0.1) is 0 Å². The van der Waals surface area contributed by atoms with Crippen LogP contribution in [0.25, 0.3) is 0 Å². The van der Waals surface area contributed by atoms with Crippen LogP contribution in [0.3, 0.4) is 0 Å². The standard InChI is InChI=1S/C23H28ClN3O2/c1-5-23(19-7-6-8-20(24)13-19)21(28)27(22(29)25-23)15-26(4)14-17-9-11-18(12-10-17)16(2)3/h6-13,16H,5,14-15H2,1-4H3,(H,25,29)/t23-/m1/s1. The van der Waals surface area contributed by atoms with E-state index in [0.717, 1.165) is 5.56 Å². The SMILES string of the molecule is CC[C@]1(c2cccc(Cl)c2)NC(=O)N(CN(C)Cc2ccc(C(C)C)cc2)C1=O. The highest BCUT2D eigenvalue weighted by Gasteiger charge is 2.51. The van der Waals surface area contributed by atoms with E-state index in [0.29, 0.717) is 29.5 Å². The highest BCUT2D eigenvalue weighted by atomic mass is 35.5. The third-order valence-electron chi connectivity index (χ3n) is 5.51. The fourth-order valence-electron chi connectivity index (χ4n) is 3.76. The lowest BCUT2D eigenvalue weighted by molar-refractivity contribution is -0.133. The van der Waals surface area contributed by atoms with Crippen molar-refractivity contribution in [2.45, 2.75) is 45.2 Å². The zero-order chi connectivity index (χ0) is 21.2. The number of nitrogens with one attached hydrogen (secondary N) is 1. The van der Waals surface area contributed by atoms with Gasteiger partial charge in [-0.25, -0.2) is 9.69 Å². The number of amides is 3. The van der Waals surface area contributed by atoms with Gasteiger partial charge in [-0.2, -0.15) is 0 Å². The van der Waals surface area contributed by atoms with Crippen LogP contribution in [0.1, 0.15) is 49.8 Å². The summed E-state index contributed by atoms with van der Waals surface area (Å²) in [6.45, 7) is 7.09. The molecule has 0 spiro atoms. The van der Waals surface area contributed by atoms with Gasteiger partial charge in [0.2, 0.25) is 0 Å². The molecule has 0 bridgehead atoms. The van der Waals surface area contributed by atoms with E-state index in [-0.39, 0.29) is 18.6 Å². The van der Waals surface area contributed by atoms with Crippen LogP contribution in [0.5, 0.6) is 0 Å². The lowest BCUT2D eigenvalue weighted by Crippen LogP contribution is -2.44. The fraction of sp³-hybridized carbons (Fsp3) is 0.391. The van der Waals surface area contributed by atoms with Crippen molar-refractivity contribution in [3.63, 3.8) is 0 Å². The quantitative estimate of drug-likeness (QED) is 0.669. The van der Waals surface area contributed by atoms with E-state index in [4.69, 9.17) is 11.6 Å². The maximum atomic E-state index is 13.3. The molecule has 3 amide bonds. The summed E-state index contributed by atoms with van der Waals surface area (Å²) in [6, 6.07) is 15.2. The molecule has 1 N–H and O–H groups in total. The molecule has 0 radical (unpaired) electrons. The molecule has 0 unspecified atom stereocenters. The molecule has 5 nitrogen and oxygen atoms in total. The summed E-state index contributed by atoms with van der Waals surface area (Å²) in [6.07, 6.45) is 0.453. The molecule has 0 aromatic heterocycles. The number of urea groups is 1. The maximum absolute atomic E-state index is 13.3. The van der Waals surface area contributed by atoms with E-state index < -0.39 is 5.54 Å². The summed E-state index contributed by atoms with van der Waals surface area (Å²) in [4.78, 5) is 29.2. The lowest BCUT2D eigenvalue weighted by Gasteiger charge is -2.27. The molecule has 1 heterocycles. The van der Waals surface area contributed by atoms with Gasteiger partial charge in [0, 0.05) is 11.6 Å². The van der Waals surface area contributed by atoms with Gasteiger partial charge in [0.05, 0.1) is 6.67 Å². The van der Waals surface area contributed by atoms with Crippen molar-refractivity contribution in [3.05, 3.63) is 70.2 Å². The van der Waals surface area contributed by atoms with Gasteiger partial charge < -0.3 is 5.32 Å². The van der Waals surface area contributed by atoms with Gasteiger partial charge in [-0.1, -0.05) is 68.8 Å². The number of nitrogens with zero attached hydrogens (tertiary/aromatic N) is 2. The van der Waals surface area contributed by atoms with E-state index in [1.54, 1.807) is 18.2 Å². The van der Waals surface area contributed by atoms with Gasteiger partial charge >= 0.3 is 6.03 Å². The minimum atomic E-state index is -1.07. The van der Waals surface area contributed by atoms with Crippen molar-refractivity contribution < 1.29 is 9.59 Å². The van der Waals surface area contributed by atoms with Crippen molar-refractivity contribution in [2.75, 3.05) is 13.7 Å². The molecule has 0 saturated carbocycles. The third kappa shape index (κ3) is 4.31. The molecular formula is C23H28ClN3O2. The molecule has 1 aliphatic heterocycles. The van der Waals surface area contributed by atoms with E-state index in [2.05, 4.69) is 43.4 Å². The number of carbonyl (C=O) groups is 2.